The van der Waals surface area contributed by atoms with Gasteiger partial charge in [-0.15, -0.1) is 40.9 Å². The summed E-state index contributed by atoms with van der Waals surface area (Å²) in [5.41, 5.74) is 0.944. The lowest BCUT2D eigenvalue weighted by Crippen LogP contribution is -2.14. The number of carboxylic acid groups (broad SMARTS) is 3. The number of para-hydroxylation sites is 1. The van der Waals surface area contributed by atoms with Gasteiger partial charge in [0, 0.05) is 0 Å². The first-order chi connectivity index (χ1) is 68.3. The Morgan fingerprint density at radius 2 is 0.562 bits per heavy atom. The third kappa shape index (κ3) is 34.7. The topological polar surface area (TPSA) is 725 Å². The molecule has 54 heteroatoms. The summed E-state index contributed by atoms with van der Waals surface area (Å²) in [4.78, 5) is 188. The largest absolute Gasteiger partial charge is 0.510 e. The van der Waals surface area contributed by atoms with Crippen LogP contribution in [0.25, 0.3) is 0 Å². The minimum absolute atomic E-state index is 0.00177. The molecule has 756 valence electrons. The molecule has 0 aliphatic heterocycles. The monoisotopic (exact) mass is 2080 g/mol. The number of carboxylic acids is 3. The van der Waals surface area contributed by atoms with Gasteiger partial charge in [-0.3, -0.25) is 50.6 Å². The molecule has 5 aromatic heterocycles. The van der Waals surface area contributed by atoms with Crippen LogP contribution in [0, 0.1) is 34.6 Å². The summed E-state index contributed by atoms with van der Waals surface area (Å²) in [5.74, 6) is -12.8. The minimum Gasteiger partial charge on any atom is -0.510 e. The Bertz CT molecular complexity index is 6800. The van der Waals surface area contributed by atoms with Crippen LogP contribution in [0.5, 0.6) is 5.75 Å². The normalized spacial score (nSPS) is 11.8. The van der Waals surface area contributed by atoms with Crippen LogP contribution in [0.2, 0.25) is 0 Å². The van der Waals surface area contributed by atoms with E-state index in [0.717, 1.165) is 56.7 Å². The Hall–Kier alpha value is -17.7. The number of allylic oxidation sites excluding steroid dienone is 5. The van der Waals surface area contributed by atoms with Gasteiger partial charge < -0.3 is 74.4 Å². The number of ether oxygens (including phenoxy) is 6. The second-order valence-electron chi connectivity index (χ2n) is 27.7. The average molecular weight is 2080 g/mol. The predicted molar refractivity (Wildman–Crippen MR) is 523 cm³/mol. The zero-order valence-electron chi connectivity index (χ0n) is 79.0. The molecule has 5 aromatic carbocycles. The lowest BCUT2D eigenvalue weighted by Gasteiger charge is -2.04. The maximum absolute atomic E-state index is 12.5. The number of esters is 6. The van der Waals surface area contributed by atoms with Crippen molar-refractivity contribution in [3.63, 3.8) is 0 Å². The highest BCUT2D eigenvalue weighted by atomic mass is 32.1. The van der Waals surface area contributed by atoms with E-state index in [-0.39, 0.29) is 168 Å². The number of aryl methyl sites for hydroxylation is 5. The van der Waals surface area contributed by atoms with Gasteiger partial charge in [-0.05, 0) is 183 Å². The molecular formula is C90H92N20O29S5. The summed E-state index contributed by atoms with van der Waals surface area (Å²) in [6.07, 6.45) is 0. The maximum atomic E-state index is 12.5. The molecule has 5 heterocycles. The maximum Gasteiger partial charge on any atom is 0.350 e. The number of hydrogen-bond donors (Lipinski definition) is 14. The van der Waals surface area contributed by atoms with Gasteiger partial charge in [0.25, 0.3) is 29.5 Å². The van der Waals surface area contributed by atoms with E-state index in [4.69, 9.17) is 39.0 Å². The molecule has 0 unspecified atom stereocenters. The molecule has 14 N–H and O–H groups in total. The van der Waals surface area contributed by atoms with Crippen LogP contribution in [0.3, 0.4) is 0 Å². The first kappa shape index (κ1) is 115. The summed E-state index contributed by atoms with van der Waals surface area (Å²) in [7, 11) is 1.23. The third-order valence-corrected chi connectivity index (χ3v) is 22.3. The first-order valence-electron chi connectivity index (χ1n) is 41.6. The van der Waals surface area contributed by atoms with Crippen LogP contribution >= 0.6 is 56.7 Å². The fourth-order valence-corrected chi connectivity index (χ4v) is 14.7. The van der Waals surface area contributed by atoms with Crippen molar-refractivity contribution in [2.45, 2.75) is 104 Å². The van der Waals surface area contributed by atoms with Crippen molar-refractivity contribution in [3.05, 3.63) is 254 Å². The van der Waals surface area contributed by atoms with Crippen LogP contribution < -0.4 is 26.6 Å². The lowest BCUT2D eigenvalue weighted by molar-refractivity contribution is -0.113. The van der Waals surface area contributed by atoms with Gasteiger partial charge in [-0.1, -0.05) is 99.1 Å². The fourth-order valence-electron chi connectivity index (χ4n) is 10.4. The number of benzene rings is 5. The molecule has 49 nitrogen and oxygen atoms in total. The van der Waals surface area contributed by atoms with Crippen molar-refractivity contribution in [2.75, 3.05) is 66.7 Å². The van der Waals surface area contributed by atoms with E-state index in [9.17, 15) is 97.8 Å². The second-order valence-corrected chi connectivity index (χ2v) is 32.7. The molecule has 0 saturated heterocycles. The molecule has 10 aromatic rings. The summed E-state index contributed by atoms with van der Waals surface area (Å²) in [5, 5.41) is 136. The van der Waals surface area contributed by atoms with Crippen molar-refractivity contribution in [3.8, 4) is 5.75 Å². The molecular weight excluding hydrogens is 1990 g/mol. The van der Waals surface area contributed by atoms with E-state index in [1.54, 1.807) is 99.6 Å². The molecule has 0 saturated carbocycles. The number of aromatic carboxylic acids is 3. The number of aliphatic hydroxyl groups excluding tert-OH is 5. The van der Waals surface area contributed by atoms with Crippen LogP contribution in [0.1, 0.15) is 187 Å². The lowest BCUT2D eigenvalue weighted by atomic mass is 10.2. The van der Waals surface area contributed by atoms with E-state index in [1.165, 1.54) is 133 Å². The number of carbonyl (C=O) groups is 14. The van der Waals surface area contributed by atoms with Gasteiger partial charge in [0.15, 0.2) is 54.1 Å². The molecule has 10 rings (SSSR count). The summed E-state index contributed by atoms with van der Waals surface area (Å²) in [6.45, 7) is 23.7. The van der Waals surface area contributed by atoms with E-state index < -0.39 is 112 Å². The Kier molecular flexibility index (Phi) is 45.1. The highest BCUT2D eigenvalue weighted by Crippen LogP contribution is 2.34. The highest BCUT2D eigenvalue weighted by Gasteiger charge is 2.28. The van der Waals surface area contributed by atoms with Crippen molar-refractivity contribution in [1.82, 2.24) is 24.9 Å². The van der Waals surface area contributed by atoms with Gasteiger partial charge in [-0.25, -0.2) is 68.1 Å². The molecule has 5 amide bonds. The third-order valence-electron chi connectivity index (χ3n) is 17.0. The summed E-state index contributed by atoms with van der Waals surface area (Å²) in [6, 6.07) is 29.3. The van der Waals surface area contributed by atoms with Gasteiger partial charge in [-0.2, -0.15) is 10.2 Å². The average Bonchev–Trinajstić information content (AvgIpc) is 1.64. The van der Waals surface area contributed by atoms with Gasteiger partial charge in [0.1, 0.15) is 76.0 Å². The van der Waals surface area contributed by atoms with Gasteiger partial charge >= 0.3 is 53.7 Å². The van der Waals surface area contributed by atoms with E-state index in [2.05, 4.69) is 107 Å². The zero-order valence-corrected chi connectivity index (χ0v) is 83.1. The first-order valence-corrected chi connectivity index (χ1v) is 45.7. The number of azo groups is 5. The standard InChI is InChI=1S/C19H20N4O6S.3C18H18N4O6S.C17H18N4O5S/c1-5-29-18(27)15-10(2)20-19(30-15)21-16(25)14(11(3)24)23-22-13-9-7-6-8-12(13)17(26)28-4;1-4-28-17(27)14-9(2)19-18(29-14)20-15(24)13(10(3)23)22-21-12-7-5-11(6-8-12)16(25)26;1-4-28-17(27)14-9(2)19-18(29-14)20-15(24)13(10(3)23)22-21-12-7-5-6-11(8-12)16(25)26;1-4-28-17(27)14-9(2)19-18(29-14)20-15(24)13(10(3)23)22-21-12-8-6-5-7-11(12)16(25)26;1-4-26-16(25)14-9(2)18-17(27-14)19-15(24)13(10(3)22)21-20-11-7-5-6-8-12(11)23/h6-9,24H,5H2,1-4H3,(H,20,21,25);3*5-8,23H,4H2,1-3H3,(H,25,26)(H,19,20,24);5-8,22-23H,4H2,1-3H3,(H,18,19,24). The SMILES string of the molecule is CCOC(=O)c1sc(NC(=O)C(N=Nc2ccc(C(=O)O)cc2)=C(C)O)nc1C.CCOC(=O)c1sc(NC(=O)C(N=Nc2cccc(C(=O)O)c2)=C(C)O)nc1C.CCOC(=O)c1sc(NC(=O)C(N=Nc2ccccc2C(=O)O)=C(C)O)nc1C.CCOC(=O)c1sc(NC(=O)C(N=Nc2ccccc2C(=O)OC)=C(C)O)nc1C.CCOC(=O)c1sc(NC(=O)C(N=Nc2ccccc2O)=C(C)O)nc1C. The number of aromatic nitrogens is 5. The Labute approximate surface area is 836 Å². The molecule has 0 fully saturated rings. The van der Waals surface area contributed by atoms with Crippen molar-refractivity contribution in [1.29, 1.82) is 0 Å². The number of anilines is 5. The van der Waals surface area contributed by atoms with Crippen molar-refractivity contribution < 1.29 is 142 Å². The number of nitrogens with one attached hydrogen (secondary N) is 5. The quantitative estimate of drug-likeness (QED) is 0.00585. The number of aliphatic hydroxyl groups is 5. The number of thiazole rings is 5. The van der Waals surface area contributed by atoms with E-state index in [0.29, 0.717) is 28.5 Å². The molecule has 0 bridgehead atoms. The summed E-state index contributed by atoms with van der Waals surface area (Å²) >= 11 is 4.65. The predicted octanol–water partition coefficient (Wildman–Crippen LogP) is 19.3. The fraction of sp³-hybridized carbons (Fsp3) is 0.233. The van der Waals surface area contributed by atoms with Crippen LogP contribution in [0.4, 0.5) is 54.1 Å². The summed E-state index contributed by atoms with van der Waals surface area (Å²) < 4.78 is 29.3. The second kappa shape index (κ2) is 56.4. The van der Waals surface area contributed by atoms with Gasteiger partial charge in [0.05, 0.1) is 102 Å². The van der Waals surface area contributed by atoms with Crippen molar-refractivity contribution in [2.24, 2.45) is 51.1 Å². The molecule has 0 spiro atoms. The Morgan fingerprint density at radius 3 is 0.840 bits per heavy atom. The molecule has 0 aliphatic carbocycles. The van der Waals surface area contributed by atoms with Crippen LogP contribution in [-0.2, 0) is 52.4 Å². The molecule has 0 atom stereocenters. The van der Waals surface area contributed by atoms with Crippen molar-refractivity contribution >= 4 is 194 Å². The number of phenols is 1. The number of amides is 5. The van der Waals surface area contributed by atoms with E-state index >= 15 is 0 Å². The minimum atomic E-state index is -1.21. The number of hydrogen-bond acceptors (Lipinski definition) is 46. The Balaban J connectivity index is 0.000000275. The van der Waals surface area contributed by atoms with Crippen LogP contribution in [0.15, 0.2) is 230 Å². The number of methoxy groups -OCH3 is 1. The number of carbonyl (C=O) groups excluding carboxylic acids is 11. The molecule has 0 radical (unpaired) electrons. The van der Waals surface area contributed by atoms with E-state index in [1.807, 2.05) is 0 Å². The zero-order chi connectivity index (χ0) is 107. The van der Waals surface area contributed by atoms with Crippen LogP contribution in [-0.4, -0.2) is 194 Å². The number of rotatable bonds is 34. The molecule has 0 aliphatic rings. The number of aromatic hydroxyl groups is 1. The number of phenolic OH excluding ortho intramolecular Hbond substituents is 1. The highest BCUT2D eigenvalue weighted by molar-refractivity contribution is 7.19. The smallest absolute Gasteiger partial charge is 0.350 e. The Morgan fingerprint density at radius 1 is 0.299 bits per heavy atom. The molecule has 144 heavy (non-hydrogen) atoms. The number of nitrogens with zero attached hydrogens (tertiary/aromatic N) is 15. The van der Waals surface area contributed by atoms with Gasteiger partial charge in [0.2, 0.25) is 0 Å².